The van der Waals surface area contributed by atoms with Gasteiger partial charge in [0, 0.05) is 0 Å². The molecule has 1 nitrogen and oxygen atoms in total. The van der Waals surface area contributed by atoms with E-state index in [-0.39, 0.29) is 5.88 Å². The van der Waals surface area contributed by atoms with Gasteiger partial charge >= 0.3 is 0 Å². The summed E-state index contributed by atoms with van der Waals surface area (Å²) in [4.78, 5) is 0. The van der Waals surface area contributed by atoms with E-state index in [2.05, 4.69) is 12.1 Å². The van der Waals surface area contributed by atoms with Gasteiger partial charge in [0.25, 0.3) is 0 Å². The van der Waals surface area contributed by atoms with Gasteiger partial charge in [-0.2, -0.15) is 0 Å². The summed E-state index contributed by atoms with van der Waals surface area (Å²) in [6.45, 7) is 0. The molecule has 0 saturated heterocycles. The summed E-state index contributed by atoms with van der Waals surface area (Å²) >= 11 is 5.59. The molecule has 0 aromatic heterocycles. The number of rotatable bonds is 2. The molecule has 1 aliphatic rings. The van der Waals surface area contributed by atoms with Crippen LogP contribution in [-0.4, -0.2) is 11.0 Å². The predicted molar refractivity (Wildman–Crippen MR) is 54.1 cm³/mol. The summed E-state index contributed by atoms with van der Waals surface area (Å²) in [5.41, 5.74) is 3.78. The maximum Gasteiger partial charge on any atom is 0.0925 e. The molecule has 0 bridgehead atoms. The summed E-state index contributed by atoms with van der Waals surface area (Å²) in [7, 11) is 0. The Morgan fingerprint density at radius 3 is 2.85 bits per heavy atom. The second-order valence-corrected chi connectivity index (χ2v) is 3.86. The van der Waals surface area contributed by atoms with Crippen LogP contribution in [0, 0.1) is 0 Å². The van der Waals surface area contributed by atoms with Crippen LogP contribution in [0.3, 0.4) is 0 Å². The second kappa shape index (κ2) is 3.69. The summed E-state index contributed by atoms with van der Waals surface area (Å²) in [6.07, 6.45) is 3.08. The summed E-state index contributed by atoms with van der Waals surface area (Å²) in [5.74, 6) is 0.277. The van der Waals surface area contributed by atoms with Crippen LogP contribution in [0.2, 0.25) is 0 Å². The zero-order valence-corrected chi connectivity index (χ0v) is 8.22. The third-order valence-electron chi connectivity index (χ3n) is 2.65. The van der Waals surface area contributed by atoms with E-state index in [9.17, 15) is 5.11 Å². The SMILES string of the molecule is O[C@@H](CCl)c1ccc2c(c1)CCC2. The van der Waals surface area contributed by atoms with Crippen LogP contribution >= 0.6 is 11.6 Å². The molecule has 1 aliphatic carbocycles. The van der Waals surface area contributed by atoms with Crippen molar-refractivity contribution in [3.63, 3.8) is 0 Å². The topological polar surface area (TPSA) is 20.2 Å². The molecule has 0 saturated carbocycles. The Morgan fingerprint density at radius 2 is 2.08 bits per heavy atom. The number of fused-ring (bicyclic) bond motifs is 1. The number of aliphatic hydroxyl groups excluding tert-OH is 1. The van der Waals surface area contributed by atoms with E-state index < -0.39 is 6.10 Å². The molecular formula is C11H13ClO. The van der Waals surface area contributed by atoms with Gasteiger partial charge in [-0.3, -0.25) is 0 Å². The minimum absolute atomic E-state index is 0.277. The first-order valence-corrected chi connectivity index (χ1v) is 5.20. The minimum atomic E-state index is -0.507. The quantitative estimate of drug-likeness (QED) is 0.721. The molecule has 2 heteroatoms. The molecule has 0 aliphatic heterocycles. The number of halogens is 1. The number of alkyl halides is 1. The molecular weight excluding hydrogens is 184 g/mol. The van der Waals surface area contributed by atoms with Crippen LogP contribution in [0.4, 0.5) is 0 Å². The first kappa shape index (κ1) is 9.04. The fourth-order valence-corrected chi connectivity index (χ4v) is 2.07. The van der Waals surface area contributed by atoms with Gasteiger partial charge < -0.3 is 5.11 Å². The van der Waals surface area contributed by atoms with Crippen LogP contribution in [0.15, 0.2) is 18.2 Å². The van der Waals surface area contributed by atoms with E-state index in [4.69, 9.17) is 11.6 Å². The molecule has 2 rings (SSSR count). The van der Waals surface area contributed by atoms with Gasteiger partial charge in [-0.05, 0) is 36.0 Å². The van der Waals surface area contributed by atoms with E-state index in [1.807, 2.05) is 6.07 Å². The summed E-state index contributed by atoms with van der Waals surface area (Å²) in [6, 6.07) is 6.19. The van der Waals surface area contributed by atoms with Gasteiger partial charge in [-0.1, -0.05) is 18.2 Å². The molecule has 1 aromatic carbocycles. The molecule has 0 radical (unpaired) electrons. The van der Waals surface area contributed by atoms with Crippen LogP contribution in [0.1, 0.15) is 29.2 Å². The first-order chi connectivity index (χ1) is 6.31. The highest BCUT2D eigenvalue weighted by atomic mass is 35.5. The Kier molecular flexibility index (Phi) is 2.56. The van der Waals surface area contributed by atoms with Gasteiger partial charge in [0.2, 0.25) is 0 Å². The first-order valence-electron chi connectivity index (χ1n) is 4.67. The van der Waals surface area contributed by atoms with Gasteiger partial charge in [0.1, 0.15) is 0 Å². The van der Waals surface area contributed by atoms with Crippen LogP contribution in [0.5, 0.6) is 0 Å². The van der Waals surface area contributed by atoms with Crippen LogP contribution in [0.25, 0.3) is 0 Å². The van der Waals surface area contributed by atoms with E-state index in [1.165, 1.54) is 24.0 Å². The fraction of sp³-hybridized carbons (Fsp3) is 0.455. The highest BCUT2D eigenvalue weighted by Gasteiger charge is 2.13. The molecule has 1 atom stereocenters. The van der Waals surface area contributed by atoms with Gasteiger partial charge in [0.05, 0.1) is 12.0 Å². The molecule has 0 amide bonds. The van der Waals surface area contributed by atoms with E-state index >= 15 is 0 Å². The Morgan fingerprint density at radius 1 is 1.31 bits per heavy atom. The Bertz CT molecular complexity index is 309. The summed E-state index contributed by atoms with van der Waals surface area (Å²) in [5, 5.41) is 9.53. The van der Waals surface area contributed by atoms with Gasteiger partial charge in [0.15, 0.2) is 0 Å². The average Bonchev–Trinajstić information content (AvgIpc) is 2.63. The highest BCUT2D eigenvalue weighted by molar-refractivity contribution is 6.18. The number of hydrogen-bond acceptors (Lipinski definition) is 1. The molecule has 0 spiro atoms. The van der Waals surface area contributed by atoms with Crippen molar-refractivity contribution in [2.75, 3.05) is 5.88 Å². The highest BCUT2D eigenvalue weighted by Crippen LogP contribution is 2.25. The lowest BCUT2D eigenvalue weighted by Crippen LogP contribution is -1.99. The van der Waals surface area contributed by atoms with Crippen molar-refractivity contribution in [2.24, 2.45) is 0 Å². The van der Waals surface area contributed by atoms with Crippen molar-refractivity contribution < 1.29 is 5.11 Å². The second-order valence-electron chi connectivity index (χ2n) is 3.55. The Balaban J connectivity index is 2.30. The molecule has 0 fully saturated rings. The minimum Gasteiger partial charge on any atom is -0.387 e. The van der Waals surface area contributed by atoms with Crippen molar-refractivity contribution in [3.8, 4) is 0 Å². The van der Waals surface area contributed by atoms with Crippen molar-refractivity contribution in [3.05, 3.63) is 34.9 Å². The van der Waals surface area contributed by atoms with E-state index in [0.717, 1.165) is 12.0 Å². The predicted octanol–water partition coefficient (Wildman–Crippen LogP) is 2.45. The van der Waals surface area contributed by atoms with E-state index in [0.29, 0.717) is 0 Å². The Hall–Kier alpha value is -0.530. The zero-order chi connectivity index (χ0) is 9.26. The maximum absolute atomic E-state index is 9.53. The van der Waals surface area contributed by atoms with Crippen LogP contribution in [-0.2, 0) is 12.8 Å². The third-order valence-corrected chi connectivity index (χ3v) is 2.95. The standard InChI is InChI=1S/C11H13ClO/c12-7-11(13)10-5-4-8-2-1-3-9(8)6-10/h4-6,11,13H,1-3,7H2/t11-/m0/s1. The smallest absolute Gasteiger partial charge is 0.0925 e. The Labute approximate surface area is 83.3 Å². The largest absolute Gasteiger partial charge is 0.387 e. The van der Waals surface area contributed by atoms with Crippen LogP contribution < -0.4 is 0 Å². The van der Waals surface area contributed by atoms with Gasteiger partial charge in [-0.15, -0.1) is 11.6 Å². The van der Waals surface area contributed by atoms with Crippen molar-refractivity contribution >= 4 is 11.6 Å². The summed E-state index contributed by atoms with van der Waals surface area (Å²) < 4.78 is 0. The average molecular weight is 197 g/mol. The molecule has 1 N–H and O–H groups in total. The number of hydrogen-bond donors (Lipinski definition) is 1. The molecule has 13 heavy (non-hydrogen) atoms. The lowest BCUT2D eigenvalue weighted by atomic mass is 10.0. The third kappa shape index (κ3) is 1.72. The number of aliphatic hydroxyl groups is 1. The van der Waals surface area contributed by atoms with Gasteiger partial charge in [-0.25, -0.2) is 0 Å². The van der Waals surface area contributed by atoms with E-state index in [1.54, 1.807) is 0 Å². The lowest BCUT2D eigenvalue weighted by molar-refractivity contribution is 0.202. The van der Waals surface area contributed by atoms with Crippen molar-refractivity contribution in [1.29, 1.82) is 0 Å². The maximum atomic E-state index is 9.53. The lowest BCUT2D eigenvalue weighted by Gasteiger charge is -2.08. The molecule has 0 heterocycles. The number of benzene rings is 1. The number of aryl methyl sites for hydroxylation is 2. The zero-order valence-electron chi connectivity index (χ0n) is 7.46. The van der Waals surface area contributed by atoms with Crippen molar-refractivity contribution in [1.82, 2.24) is 0 Å². The fourth-order valence-electron chi connectivity index (χ4n) is 1.89. The molecule has 0 unspecified atom stereocenters. The normalized spacial score (nSPS) is 17.1. The molecule has 70 valence electrons. The van der Waals surface area contributed by atoms with Crippen molar-refractivity contribution in [2.45, 2.75) is 25.4 Å². The monoisotopic (exact) mass is 196 g/mol. The molecule has 1 aromatic rings.